The van der Waals surface area contributed by atoms with Crippen LogP contribution in [0.15, 0.2) is 35.4 Å². The molecule has 0 amide bonds. The van der Waals surface area contributed by atoms with Crippen molar-refractivity contribution in [3.8, 4) is 0 Å². The van der Waals surface area contributed by atoms with Crippen LogP contribution in [0, 0.1) is 0 Å². The first-order valence-electron chi connectivity index (χ1n) is 6.24. The zero-order chi connectivity index (χ0) is 13.8. The lowest BCUT2D eigenvalue weighted by Crippen LogP contribution is -2.16. The fraction of sp³-hybridized carbons (Fsp3) is 0.286. The lowest BCUT2D eigenvalue weighted by atomic mass is 10.0. The minimum Gasteiger partial charge on any atom is -0.391 e. The summed E-state index contributed by atoms with van der Waals surface area (Å²) in [5.74, 6) is 0.934. The number of nitrogens with two attached hydrogens (primary N) is 1. The largest absolute Gasteiger partial charge is 0.391 e. The maximum absolute atomic E-state index is 11.3. The van der Waals surface area contributed by atoms with E-state index in [0.29, 0.717) is 18.3 Å². The molecule has 0 bridgehead atoms. The number of anilines is 2. The van der Waals surface area contributed by atoms with E-state index in [-0.39, 0.29) is 11.2 Å². The van der Waals surface area contributed by atoms with E-state index in [1.807, 2.05) is 0 Å². The maximum Gasteiger partial charge on any atom is 0.276 e. The minimum absolute atomic E-state index is 0.112. The van der Waals surface area contributed by atoms with Crippen LogP contribution in [-0.4, -0.2) is 9.97 Å². The third kappa shape index (κ3) is 3.13. The van der Waals surface area contributed by atoms with Crippen LogP contribution in [0.1, 0.15) is 30.9 Å². The molecule has 2 rings (SSSR count). The van der Waals surface area contributed by atoms with Crippen LogP contribution < -0.4 is 16.6 Å². The smallest absolute Gasteiger partial charge is 0.276 e. The fourth-order valence-corrected chi connectivity index (χ4v) is 1.76. The first kappa shape index (κ1) is 13.1. The molecule has 0 aliphatic rings. The van der Waals surface area contributed by atoms with E-state index in [2.05, 4.69) is 53.4 Å². The van der Waals surface area contributed by atoms with Crippen molar-refractivity contribution in [2.75, 3.05) is 11.1 Å². The second-order valence-electron chi connectivity index (χ2n) is 4.74. The lowest BCUT2D eigenvalue weighted by Gasteiger charge is -2.09. The van der Waals surface area contributed by atoms with Gasteiger partial charge >= 0.3 is 0 Å². The molecule has 0 spiro atoms. The van der Waals surface area contributed by atoms with Crippen LogP contribution in [-0.2, 0) is 6.54 Å². The van der Waals surface area contributed by atoms with E-state index < -0.39 is 0 Å². The summed E-state index contributed by atoms with van der Waals surface area (Å²) in [6, 6.07) is 8.34. The number of rotatable bonds is 4. The Morgan fingerprint density at radius 3 is 2.63 bits per heavy atom. The van der Waals surface area contributed by atoms with E-state index in [4.69, 9.17) is 5.73 Å². The quantitative estimate of drug-likeness (QED) is 0.784. The molecular weight excluding hydrogens is 240 g/mol. The van der Waals surface area contributed by atoms with Gasteiger partial charge < -0.3 is 16.0 Å². The summed E-state index contributed by atoms with van der Waals surface area (Å²) in [6.45, 7) is 4.90. The van der Waals surface area contributed by atoms with Gasteiger partial charge in [-0.3, -0.25) is 4.79 Å². The van der Waals surface area contributed by atoms with E-state index in [1.165, 1.54) is 11.9 Å². The number of nitrogens with one attached hydrogen (secondary N) is 2. The molecule has 100 valence electrons. The second-order valence-corrected chi connectivity index (χ2v) is 4.74. The van der Waals surface area contributed by atoms with Crippen LogP contribution in [0.25, 0.3) is 0 Å². The molecule has 1 heterocycles. The zero-order valence-electron chi connectivity index (χ0n) is 11.1. The number of aromatic nitrogens is 2. The Hall–Kier alpha value is -2.30. The van der Waals surface area contributed by atoms with Gasteiger partial charge in [0.05, 0.1) is 6.33 Å². The zero-order valence-corrected chi connectivity index (χ0v) is 11.1. The molecule has 1 aromatic carbocycles. The molecule has 0 saturated heterocycles. The summed E-state index contributed by atoms with van der Waals surface area (Å²) in [6.07, 6.45) is 1.34. The molecule has 0 saturated carbocycles. The number of hydrogen-bond acceptors (Lipinski definition) is 4. The molecule has 2 aromatic rings. The molecule has 0 atom stereocenters. The topological polar surface area (TPSA) is 83.8 Å². The van der Waals surface area contributed by atoms with Gasteiger partial charge in [-0.2, -0.15) is 0 Å². The number of hydrogen-bond donors (Lipinski definition) is 3. The molecule has 0 aliphatic heterocycles. The van der Waals surface area contributed by atoms with Crippen LogP contribution >= 0.6 is 0 Å². The highest BCUT2D eigenvalue weighted by Crippen LogP contribution is 2.16. The Labute approximate surface area is 111 Å². The number of aromatic amines is 1. The Balaban J connectivity index is 2.06. The average Bonchev–Trinajstić information content (AvgIpc) is 2.41. The molecule has 0 aliphatic carbocycles. The third-order valence-electron chi connectivity index (χ3n) is 3.00. The Morgan fingerprint density at radius 1 is 1.32 bits per heavy atom. The summed E-state index contributed by atoms with van der Waals surface area (Å²) >= 11 is 0. The number of nitrogen functional groups attached to an aromatic ring is 1. The monoisotopic (exact) mass is 258 g/mol. The first-order valence-corrected chi connectivity index (χ1v) is 6.24. The van der Waals surface area contributed by atoms with Crippen molar-refractivity contribution in [1.82, 2.24) is 9.97 Å². The highest BCUT2D eigenvalue weighted by molar-refractivity contribution is 5.59. The predicted octanol–water partition coefficient (Wildman–Crippen LogP) is 2.09. The molecule has 0 unspecified atom stereocenters. The summed E-state index contributed by atoms with van der Waals surface area (Å²) in [4.78, 5) is 17.7. The molecule has 4 N–H and O–H groups in total. The third-order valence-corrected chi connectivity index (χ3v) is 3.00. The summed E-state index contributed by atoms with van der Waals surface area (Å²) < 4.78 is 0. The van der Waals surface area contributed by atoms with Gasteiger partial charge in [0.1, 0.15) is 5.69 Å². The minimum atomic E-state index is -0.326. The van der Waals surface area contributed by atoms with Crippen molar-refractivity contribution in [3.05, 3.63) is 52.1 Å². The summed E-state index contributed by atoms with van der Waals surface area (Å²) in [7, 11) is 0. The summed E-state index contributed by atoms with van der Waals surface area (Å²) in [5.41, 5.74) is 7.85. The molecule has 5 nitrogen and oxygen atoms in total. The molecule has 0 fully saturated rings. The van der Waals surface area contributed by atoms with Gasteiger partial charge in [0, 0.05) is 6.54 Å². The van der Waals surface area contributed by atoms with E-state index in [1.54, 1.807) is 0 Å². The molecular formula is C14H18N4O. The van der Waals surface area contributed by atoms with Crippen LogP contribution in [0.4, 0.5) is 11.5 Å². The van der Waals surface area contributed by atoms with Gasteiger partial charge in [0.25, 0.3) is 5.56 Å². The highest BCUT2D eigenvalue weighted by Gasteiger charge is 2.04. The van der Waals surface area contributed by atoms with Crippen molar-refractivity contribution >= 4 is 11.5 Å². The van der Waals surface area contributed by atoms with Crippen LogP contribution in [0.2, 0.25) is 0 Å². The van der Waals surface area contributed by atoms with Gasteiger partial charge in [-0.05, 0) is 17.0 Å². The van der Waals surface area contributed by atoms with Gasteiger partial charge in [0.15, 0.2) is 5.82 Å². The fourth-order valence-electron chi connectivity index (χ4n) is 1.76. The molecule has 0 radical (unpaired) electrons. The van der Waals surface area contributed by atoms with Crippen LogP contribution in [0.3, 0.4) is 0 Å². The number of nitrogens with zero attached hydrogens (tertiary/aromatic N) is 1. The lowest BCUT2D eigenvalue weighted by molar-refractivity contribution is 0.865. The Bertz CT molecular complexity index is 602. The Morgan fingerprint density at radius 2 is 2.00 bits per heavy atom. The normalized spacial score (nSPS) is 10.7. The first-order chi connectivity index (χ1) is 9.08. The predicted molar refractivity (Wildman–Crippen MR) is 77.1 cm³/mol. The molecule has 19 heavy (non-hydrogen) atoms. The van der Waals surface area contributed by atoms with E-state index >= 15 is 0 Å². The van der Waals surface area contributed by atoms with Gasteiger partial charge in [-0.25, -0.2) is 4.98 Å². The van der Waals surface area contributed by atoms with E-state index in [0.717, 1.165) is 5.56 Å². The van der Waals surface area contributed by atoms with Crippen molar-refractivity contribution in [2.45, 2.75) is 26.3 Å². The second kappa shape index (κ2) is 5.56. The summed E-state index contributed by atoms with van der Waals surface area (Å²) in [5, 5.41) is 3.06. The van der Waals surface area contributed by atoms with Crippen molar-refractivity contribution in [1.29, 1.82) is 0 Å². The molecule has 5 heteroatoms. The average molecular weight is 258 g/mol. The number of H-pyrrole nitrogens is 1. The van der Waals surface area contributed by atoms with Gasteiger partial charge in [0.2, 0.25) is 0 Å². The maximum atomic E-state index is 11.3. The molecule has 1 aromatic heterocycles. The highest BCUT2D eigenvalue weighted by atomic mass is 16.1. The van der Waals surface area contributed by atoms with Crippen LogP contribution in [0.5, 0.6) is 0 Å². The van der Waals surface area contributed by atoms with Crippen molar-refractivity contribution < 1.29 is 0 Å². The Kier molecular flexibility index (Phi) is 3.85. The van der Waals surface area contributed by atoms with Gasteiger partial charge in [-0.1, -0.05) is 38.1 Å². The number of benzene rings is 1. The van der Waals surface area contributed by atoms with Crippen molar-refractivity contribution in [2.24, 2.45) is 0 Å². The van der Waals surface area contributed by atoms with E-state index in [9.17, 15) is 4.79 Å². The van der Waals surface area contributed by atoms with Crippen molar-refractivity contribution in [3.63, 3.8) is 0 Å². The SMILES string of the molecule is CC(C)c1ccc(CNc2nc[nH]c(=O)c2N)cc1. The standard InChI is InChI=1S/C14H18N4O/c1-9(2)11-5-3-10(4-6-11)7-16-13-12(15)14(19)18-8-17-13/h3-6,8-9H,7,15H2,1-2H3,(H2,16,17,18,19). The van der Waals surface area contributed by atoms with Gasteiger partial charge in [-0.15, -0.1) is 0 Å².